The molecule has 2 N–H and O–H groups in total. The molecule has 0 saturated heterocycles. The second-order valence-corrected chi connectivity index (χ2v) is 7.52. The summed E-state index contributed by atoms with van der Waals surface area (Å²) in [6, 6.07) is 8.73. The van der Waals surface area contributed by atoms with Crippen LogP contribution in [0.25, 0.3) is 0 Å². The highest BCUT2D eigenvalue weighted by molar-refractivity contribution is 7.12. The lowest BCUT2D eigenvalue weighted by atomic mass is 9.86. The van der Waals surface area contributed by atoms with Crippen molar-refractivity contribution in [1.82, 2.24) is 4.98 Å². The monoisotopic (exact) mass is 298 g/mol. The summed E-state index contributed by atoms with van der Waals surface area (Å²) in [6.07, 6.45) is 9.54. The first kappa shape index (κ1) is 13.5. The van der Waals surface area contributed by atoms with Crippen LogP contribution in [0.2, 0.25) is 0 Å². The zero-order valence-electron chi connectivity index (χ0n) is 12.4. The maximum atomic E-state index is 6.95. The molecule has 0 amide bonds. The minimum atomic E-state index is -0.366. The second-order valence-electron chi connectivity index (χ2n) is 6.43. The van der Waals surface area contributed by atoms with E-state index in [1.54, 1.807) is 0 Å². The largest absolute Gasteiger partial charge is 0.316 e. The van der Waals surface area contributed by atoms with Crippen LogP contribution < -0.4 is 5.73 Å². The first-order valence-corrected chi connectivity index (χ1v) is 8.95. The van der Waals surface area contributed by atoms with Gasteiger partial charge in [-0.2, -0.15) is 0 Å². The predicted molar refractivity (Wildman–Crippen MR) is 87.7 cm³/mol. The van der Waals surface area contributed by atoms with Crippen molar-refractivity contribution in [2.45, 2.75) is 56.9 Å². The molecular formula is C18H22N2S. The van der Waals surface area contributed by atoms with Gasteiger partial charge >= 0.3 is 0 Å². The van der Waals surface area contributed by atoms with Crippen LogP contribution in [0.1, 0.15) is 58.8 Å². The van der Waals surface area contributed by atoms with Gasteiger partial charge in [-0.15, -0.1) is 11.3 Å². The number of hydrogen-bond acceptors (Lipinski definition) is 3. The molecule has 2 nitrogen and oxygen atoms in total. The molecule has 0 fully saturated rings. The van der Waals surface area contributed by atoms with Gasteiger partial charge in [-0.05, 0) is 56.1 Å². The van der Waals surface area contributed by atoms with E-state index < -0.39 is 0 Å². The van der Waals surface area contributed by atoms with Gasteiger partial charge in [0.25, 0.3) is 0 Å². The van der Waals surface area contributed by atoms with Crippen molar-refractivity contribution in [2.75, 3.05) is 0 Å². The minimum absolute atomic E-state index is 0.366. The third-order valence-corrected chi connectivity index (χ3v) is 6.33. The maximum absolute atomic E-state index is 6.95. The van der Waals surface area contributed by atoms with Crippen molar-refractivity contribution >= 4 is 11.3 Å². The summed E-state index contributed by atoms with van der Waals surface area (Å²) in [7, 11) is 0. The van der Waals surface area contributed by atoms with Crippen molar-refractivity contribution in [1.29, 1.82) is 0 Å². The quantitative estimate of drug-likeness (QED) is 0.810. The van der Waals surface area contributed by atoms with E-state index in [9.17, 15) is 0 Å². The fourth-order valence-electron chi connectivity index (χ4n) is 3.79. The van der Waals surface area contributed by atoms with Gasteiger partial charge in [0, 0.05) is 4.88 Å². The molecule has 110 valence electrons. The van der Waals surface area contributed by atoms with Crippen LogP contribution in [0.15, 0.2) is 24.3 Å². The molecule has 21 heavy (non-hydrogen) atoms. The highest BCUT2D eigenvalue weighted by Gasteiger charge is 2.36. The molecule has 1 aromatic heterocycles. The van der Waals surface area contributed by atoms with Gasteiger partial charge in [0.2, 0.25) is 0 Å². The Kier molecular flexibility index (Phi) is 3.35. The number of aromatic nitrogens is 1. The van der Waals surface area contributed by atoms with Crippen LogP contribution >= 0.6 is 11.3 Å². The molecule has 0 bridgehead atoms. The number of nitrogens with zero attached hydrogens (tertiary/aromatic N) is 1. The second kappa shape index (κ2) is 5.22. The van der Waals surface area contributed by atoms with Crippen LogP contribution in [0, 0.1) is 0 Å². The van der Waals surface area contributed by atoms with E-state index in [-0.39, 0.29) is 5.54 Å². The Morgan fingerprint density at radius 2 is 1.81 bits per heavy atom. The number of rotatable bonds is 1. The summed E-state index contributed by atoms with van der Waals surface area (Å²) < 4.78 is 0. The van der Waals surface area contributed by atoms with Crippen molar-refractivity contribution in [2.24, 2.45) is 5.73 Å². The first-order chi connectivity index (χ1) is 10.3. The van der Waals surface area contributed by atoms with Gasteiger partial charge in [-0.1, -0.05) is 30.7 Å². The Bertz CT molecular complexity index is 637. The van der Waals surface area contributed by atoms with Gasteiger partial charge in [0.05, 0.1) is 11.2 Å². The van der Waals surface area contributed by atoms with Crippen LogP contribution in [0.4, 0.5) is 0 Å². The molecule has 0 saturated carbocycles. The van der Waals surface area contributed by atoms with E-state index in [4.69, 9.17) is 10.7 Å². The van der Waals surface area contributed by atoms with Gasteiger partial charge in [0.1, 0.15) is 5.01 Å². The Morgan fingerprint density at radius 1 is 1.00 bits per heavy atom. The average molecular weight is 298 g/mol. The smallest absolute Gasteiger partial charge is 0.118 e. The summed E-state index contributed by atoms with van der Waals surface area (Å²) >= 11 is 1.88. The van der Waals surface area contributed by atoms with Crippen LogP contribution in [-0.4, -0.2) is 4.98 Å². The molecule has 2 aliphatic carbocycles. The number of nitrogens with two attached hydrogens (primary N) is 1. The maximum Gasteiger partial charge on any atom is 0.118 e. The van der Waals surface area contributed by atoms with E-state index in [0.717, 1.165) is 24.3 Å². The van der Waals surface area contributed by atoms with E-state index in [1.807, 2.05) is 11.3 Å². The number of hydrogen-bond donors (Lipinski definition) is 1. The predicted octanol–water partition coefficient (Wildman–Crippen LogP) is 3.95. The minimum Gasteiger partial charge on any atom is -0.316 e. The van der Waals surface area contributed by atoms with E-state index in [2.05, 4.69) is 24.3 Å². The molecule has 1 heterocycles. The average Bonchev–Trinajstić information content (AvgIpc) is 2.89. The molecule has 0 radical (unpaired) electrons. The highest BCUT2D eigenvalue weighted by Crippen LogP contribution is 2.41. The molecule has 4 rings (SSSR count). The Hall–Kier alpha value is -1.19. The summed E-state index contributed by atoms with van der Waals surface area (Å²) in [4.78, 5) is 6.47. The fourth-order valence-corrected chi connectivity index (χ4v) is 5.09. The summed E-state index contributed by atoms with van der Waals surface area (Å²) in [5, 5.41) is 1.16. The fraction of sp³-hybridized carbons (Fsp3) is 0.500. The summed E-state index contributed by atoms with van der Waals surface area (Å²) in [6.45, 7) is 0. The standard InChI is InChI=1S/C18H22N2S/c19-18(17-20-15-10-3-4-11-16(15)21-17)12-6-5-8-13-7-1-2-9-14(13)18/h1-2,7,9H,3-6,8,10-12,19H2. The molecule has 0 spiro atoms. The third kappa shape index (κ3) is 2.23. The van der Waals surface area contributed by atoms with Crippen molar-refractivity contribution in [3.05, 3.63) is 51.0 Å². The Labute approximate surface area is 130 Å². The summed E-state index contributed by atoms with van der Waals surface area (Å²) in [5.74, 6) is 0. The highest BCUT2D eigenvalue weighted by atomic mass is 32.1. The van der Waals surface area contributed by atoms with Crippen molar-refractivity contribution in [3.8, 4) is 0 Å². The topological polar surface area (TPSA) is 38.9 Å². The number of benzene rings is 1. The number of aryl methyl sites for hydroxylation is 3. The molecule has 1 atom stereocenters. The lowest BCUT2D eigenvalue weighted by Gasteiger charge is -2.28. The first-order valence-electron chi connectivity index (χ1n) is 8.14. The molecular weight excluding hydrogens is 276 g/mol. The number of thiazole rings is 1. The summed E-state index contributed by atoms with van der Waals surface area (Å²) in [5.41, 5.74) is 10.6. The van der Waals surface area contributed by atoms with Gasteiger partial charge in [0.15, 0.2) is 0 Å². The van der Waals surface area contributed by atoms with E-state index >= 15 is 0 Å². The molecule has 2 aliphatic rings. The normalized spacial score (nSPS) is 25.0. The lowest BCUT2D eigenvalue weighted by Crippen LogP contribution is -2.38. The van der Waals surface area contributed by atoms with Gasteiger partial charge in [-0.25, -0.2) is 4.98 Å². The van der Waals surface area contributed by atoms with Crippen LogP contribution in [0.5, 0.6) is 0 Å². The zero-order valence-corrected chi connectivity index (χ0v) is 13.2. The van der Waals surface area contributed by atoms with Crippen molar-refractivity contribution < 1.29 is 0 Å². The van der Waals surface area contributed by atoms with Gasteiger partial charge in [-0.3, -0.25) is 0 Å². The van der Waals surface area contributed by atoms with Crippen LogP contribution in [-0.2, 0) is 24.8 Å². The van der Waals surface area contributed by atoms with E-state index in [1.165, 1.54) is 53.8 Å². The van der Waals surface area contributed by atoms with E-state index in [0.29, 0.717) is 0 Å². The number of fused-ring (bicyclic) bond motifs is 2. The lowest BCUT2D eigenvalue weighted by molar-refractivity contribution is 0.475. The molecule has 0 aliphatic heterocycles. The molecule has 2 aromatic rings. The molecule has 1 aromatic carbocycles. The molecule has 1 unspecified atom stereocenters. The Morgan fingerprint density at radius 3 is 2.71 bits per heavy atom. The van der Waals surface area contributed by atoms with Crippen molar-refractivity contribution in [3.63, 3.8) is 0 Å². The zero-order chi connectivity index (χ0) is 14.3. The van der Waals surface area contributed by atoms with Crippen LogP contribution in [0.3, 0.4) is 0 Å². The van der Waals surface area contributed by atoms with Gasteiger partial charge < -0.3 is 5.73 Å². The molecule has 3 heteroatoms. The SMILES string of the molecule is NC1(c2nc3c(s2)CCCC3)CCCCc2ccccc21. The third-order valence-electron chi connectivity index (χ3n) is 4.99. The Balaban J connectivity index is 1.84.